The van der Waals surface area contributed by atoms with Crippen LogP contribution in [0.1, 0.15) is 22.7 Å². The smallest absolute Gasteiger partial charge is 0.416 e. The van der Waals surface area contributed by atoms with Gasteiger partial charge in [0.2, 0.25) is 0 Å². The second-order valence-corrected chi connectivity index (χ2v) is 7.40. The summed E-state index contributed by atoms with van der Waals surface area (Å²) >= 11 is 0. The van der Waals surface area contributed by atoms with E-state index in [2.05, 4.69) is 5.32 Å². The Bertz CT molecular complexity index is 925. The number of halogens is 6. The number of nitrogens with one attached hydrogen (secondary N) is 1. The molecule has 1 heterocycles. The van der Waals surface area contributed by atoms with Gasteiger partial charge in [-0.15, -0.1) is 0 Å². The van der Waals surface area contributed by atoms with E-state index in [0.717, 1.165) is 24.3 Å². The minimum atomic E-state index is -4.53. The van der Waals surface area contributed by atoms with Crippen molar-refractivity contribution in [2.45, 2.75) is 18.4 Å². The first kappa shape index (κ1) is 24.8. The first-order valence-electron chi connectivity index (χ1n) is 10.1. The molecule has 1 unspecified atom stereocenters. The third kappa shape index (κ3) is 7.10. The van der Waals surface area contributed by atoms with Gasteiger partial charge in [-0.2, -0.15) is 26.3 Å². The fourth-order valence-electron chi connectivity index (χ4n) is 3.41. The molecule has 0 aromatic heterocycles. The lowest BCUT2D eigenvalue weighted by Gasteiger charge is -2.35. The van der Waals surface area contributed by atoms with E-state index in [0.29, 0.717) is 31.9 Å². The standard InChI is InChI=1S/C22H22F6N2O3/c23-21(24,25)16-6-4-15(5-7-16)19(30-8-10-32-11-9-30)13-29-20(31)14-33-18-3-1-2-17(12-18)22(26,27)28/h1-7,12,19H,8-11,13-14H2,(H,29,31). The monoisotopic (exact) mass is 476 g/mol. The molecule has 3 rings (SSSR count). The summed E-state index contributed by atoms with van der Waals surface area (Å²) in [7, 11) is 0. The number of carbonyl (C=O) groups is 1. The molecule has 1 amide bonds. The van der Waals surface area contributed by atoms with Gasteiger partial charge in [-0.1, -0.05) is 18.2 Å². The first-order chi connectivity index (χ1) is 15.5. The zero-order valence-corrected chi connectivity index (χ0v) is 17.4. The molecule has 1 saturated heterocycles. The molecular weight excluding hydrogens is 454 g/mol. The van der Waals surface area contributed by atoms with E-state index in [-0.39, 0.29) is 12.3 Å². The van der Waals surface area contributed by atoms with Crippen LogP contribution in [0.5, 0.6) is 5.75 Å². The number of carbonyl (C=O) groups excluding carboxylic acids is 1. The Morgan fingerprint density at radius 1 is 0.970 bits per heavy atom. The van der Waals surface area contributed by atoms with Crippen molar-refractivity contribution in [1.29, 1.82) is 0 Å². The number of amides is 1. The number of ether oxygens (including phenoxy) is 2. The third-order valence-electron chi connectivity index (χ3n) is 5.13. The molecular formula is C22H22F6N2O3. The van der Waals surface area contributed by atoms with Crippen molar-refractivity contribution in [3.05, 3.63) is 65.2 Å². The summed E-state index contributed by atoms with van der Waals surface area (Å²) in [6.45, 7) is 1.53. The van der Waals surface area contributed by atoms with Gasteiger partial charge < -0.3 is 14.8 Å². The molecule has 1 N–H and O–H groups in total. The van der Waals surface area contributed by atoms with Crippen molar-refractivity contribution in [2.24, 2.45) is 0 Å². The molecule has 0 saturated carbocycles. The summed E-state index contributed by atoms with van der Waals surface area (Å²) in [6, 6.07) is 8.48. The van der Waals surface area contributed by atoms with Crippen molar-refractivity contribution < 1.29 is 40.6 Å². The molecule has 33 heavy (non-hydrogen) atoms. The van der Waals surface area contributed by atoms with Crippen LogP contribution in [0.25, 0.3) is 0 Å². The SMILES string of the molecule is O=C(COc1cccc(C(F)(F)F)c1)NCC(c1ccc(C(F)(F)F)cc1)N1CCOCC1. The average Bonchev–Trinajstić information content (AvgIpc) is 2.78. The molecule has 5 nitrogen and oxygen atoms in total. The molecule has 180 valence electrons. The van der Waals surface area contributed by atoms with Crippen molar-refractivity contribution in [3.63, 3.8) is 0 Å². The van der Waals surface area contributed by atoms with Crippen molar-refractivity contribution in [1.82, 2.24) is 10.2 Å². The van der Waals surface area contributed by atoms with Crippen LogP contribution in [0.3, 0.4) is 0 Å². The van der Waals surface area contributed by atoms with E-state index in [1.807, 2.05) is 4.90 Å². The number of hydrogen-bond donors (Lipinski definition) is 1. The van der Waals surface area contributed by atoms with Gasteiger partial charge in [-0.3, -0.25) is 9.69 Å². The molecule has 0 radical (unpaired) electrons. The predicted molar refractivity (Wildman–Crippen MR) is 107 cm³/mol. The highest BCUT2D eigenvalue weighted by Gasteiger charge is 2.32. The van der Waals surface area contributed by atoms with Crippen molar-refractivity contribution in [2.75, 3.05) is 39.5 Å². The highest BCUT2D eigenvalue weighted by atomic mass is 19.4. The lowest BCUT2D eigenvalue weighted by Crippen LogP contribution is -2.44. The number of benzene rings is 2. The Morgan fingerprint density at radius 2 is 1.61 bits per heavy atom. The summed E-state index contributed by atoms with van der Waals surface area (Å²) in [4.78, 5) is 14.2. The van der Waals surface area contributed by atoms with E-state index in [9.17, 15) is 31.1 Å². The fourth-order valence-corrected chi connectivity index (χ4v) is 3.41. The largest absolute Gasteiger partial charge is 0.484 e. The van der Waals surface area contributed by atoms with Crippen LogP contribution in [0.2, 0.25) is 0 Å². The Labute approximate surface area is 186 Å². The summed E-state index contributed by atoms with van der Waals surface area (Å²) in [5.41, 5.74) is -1.08. The molecule has 1 aliphatic heterocycles. The van der Waals surface area contributed by atoms with Gasteiger partial charge in [0.25, 0.3) is 5.91 Å². The van der Waals surface area contributed by atoms with Crippen LogP contribution in [0.15, 0.2) is 48.5 Å². The maximum atomic E-state index is 12.9. The van der Waals surface area contributed by atoms with E-state index in [4.69, 9.17) is 9.47 Å². The summed E-state index contributed by atoms with van der Waals surface area (Å²) in [5.74, 6) is -0.676. The highest BCUT2D eigenvalue weighted by molar-refractivity contribution is 5.77. The van der Waals surface area contributed by atoms with Gasteiger partial charge in [0.05, 0.1) is 30.4 Å². The molecule has 2 aromatic rings. The Kier molecular flexibility index (Phi) is 7.85. The maximum absolute atomic E-state index is 12.9. The summed E-state index contributed by atoms with van der Waals surface area (Å²) in [6.07, 6.45) is -8.99. The predicted octanol–water partition coefficient (Wildman–Crippen LogP) is 4.29. The lowest BCUT2D eigenvalue weighted by molar-refractivity contribution is -0.138. The van der Waals surface area contributed by atoms with Gasteiger partial charge in [0.15, 0.2) is 6.61 Å². The second kappa shape index (κ2) is 10.4. The van der Waals surface area contributed by atoms with Gasteiger partial charge in [0.1, 0.15) is 5.75 Å². The fraction of sp³-hybridized carbons (Fsp3) is 0.409. The number of rotatable bonds is 7. The van der Waals surface area contributed by atoms with Crippen LogP contribution in [0.4, 0.5) is 26.3 Å². The van der Waals surface area contributed by atoms with Gasteiger partial charge in [-0.05, 0) is 35.9 Å². The second-order valence-electron chi connectivity index (χ2n) is 7.40. The van der Waals surface area contributed by atoms with Crippen LogP contribution in [-0.2, 0) is 21.9 Å². The first-order valence-corrected chi connectivity index (χ1v) is 10.1. The maximum Gasteiger partial charge on any atom is 0.416 e. The Balaban J connectivity index is 1.62. The highest BCUT2D eigenvalue weighted by Crippen LogP contribution is 2.32. The third-order valence-corrected chi connectivity index (χ3v) is 5.13. The lowest BCUT2D eigenvalue weighted by atomic mass is 10.0. The zero-order chi connectivity index (χ0) is 24.1. The number of alkyl halides is 6. The molecule has 1 atom stereocenters. The quantitative estimate of drug-likeness (QED) is 0.606. The minimum Gasteiger partial charge on any atom is -0.484 e. The zero-order valence-electron chi connectivity index (χ0n) is 17.4. The molecule has 0 spiro atoms. The van der Waals surface area contributed by atoms with Crippen LogP contribution in [0, 0.1) is 0 Å². The van der Waals surface area contributed by atoms with Gasteiger partial charge >= 0.3 is 12.4 Å². The Hall–Kier alpha value is -2.79. The number of hydrogen-bond acceptors (Lipinski definition) is 4. The molecule has 1 fully saturated rings. The van der Waals surface area contributed by atoms with Crippen LogP contribution < -0.4 is 10.1 Å². The van der Waals surface area contributed by atoms with Crippen molar-refractivity contribution >= 4 is 5.91 Å². The molecule has 0 bridgehead atoms. The van der Waals surface area contributed by atoms with Crippen molar-refractivity contribution in [3.8, 4) is 5.75 Å². The molecule has 11 heteroatoms. The molecule has 0 aliphatic carbocycles. The number of morpholine rings is 1. The van der Waals surface area contributed by atoms with E-state index in [1.165, 1.54) is 24.3 Å². The minimum absolute atomic E-state index is 0.0795. The van der Waals surface area contributed by atoms with Gasteiger partial charge in [-0.25, -0.2) is 0 Å². The average molecular weight is 476 g/mol. The van der Waals surface area contributed by atoms with Crippen LogP contribution in [-0.4, -0.2) is 50.3 Å². The summed E-state index contributed by atoms with van der Waals surface area (Å²) in [5, 5.41) is 2.65. The van der Waals surface area contributed by atoms with E-state index in [1.54, 1.807) is 0 Å². The van der Waals surface area contributed by atoms with Crippen LogP contribution >= 0.6 is 0 Å². The topological polar surface area (TPSA) is 50.8 Å². The molecule has 2 aromatic carbocycles. The van der Waals surface area contributed by atoms with Gasteiger partial charge in [0, 0.05) is 19.6 Å². The number of nitrogens with zero attached hydrogens (tertiary/aromatic N) is 1. The van der Waals surface area contributed by atoms with E-state index >= 15 is 0 Å². The van der Waals surface area contributed by atoms with E-state index < -0.39 is 42.0 Å². The summed E-state index contributed by atoms with van der Waals surface area (Å²) < 4.78 is 87.5. The molecule has 1 aliphatic rings. The normalized spacial score (nSPS) is 16.3. The Morgan fingerprint density at radius 3 is 2.21 bits per heavy atom.